The number of esters is 1. The summed E-state index contributed by atoms with van der Waals surface area (Å²) in [6.45, 7) is 1.07. The molecule has 0 aliphatic carbocycles. The fourth-order valence-electron chi connectivity index (χ4n) is 2.01. The Bertz CT molecular complexity index is 773. The SMILES string of the molecule is CC(=O)c1cccc(NC(=O)COC(=O)Cc2ccccc2Br)c1. The monoisotopic (exact) mass is 389 g/mol. The summed E-state index contributed by atoms with van der Waals surface area (Å²) in [5, 5.41) is 2.59. The molecule has 2 aromatic carbocycles. The van der Waals surface area contributed by atoms with Gasteiger partial charge in [0.15, 0.2) is 12.4 Å². The van der Waals surface area contributed by atoms with Crippen LogP contribution in [0.2, 0.25) is 0 Å². The highest BCUT2D eigenvalue weighted by atomic mass is 79.9. The van der Waals surface area contributed by atoms with Gasteiger partial charge in [-0.1, -0.05) is 46.3 Å². The number of ketones is 1. The van der Waals surface area contributed by atoms with Crippen LogP contribution in [-0.4, -0.2) is 24.3 Å². The standard InChI is InChI=1S/C18H16BrNO4/c1-12(21)13-6-4-7-15(9-13)20-17(22)11-24-18(23)10-14-5-2-3-8-16(14)19/h2-9H,10-11H2,1H3,(H,20,22). The molecule has 0 aromatic heterocycles. The second-order valence-electron chi connectivity index (χ2n) is 5.11. The van der Waals surface area contributed by atoms with Gasteiger partial charge in [-0.3, -0.25) is 14.4 Å². The molecule has 1 amide bonds. The highest BCUT2D eigenvalue weighted by molar-refractivity contribution is 9.10. The summed E-state index contributed by atoms with van der Waals surface area (Å²) in [7, 11) is 0. The number of halogens is 1. The molecule has 0 aliphatic heterocycles. The third kappa shape index (κ3) is 5.31. The minimum Gasteiger partial charge on any atom is -0.455 e. The van der Waals surface area contributed by atoms with Crippen LogP contribution in [0.3, 0.4) is 0 Å². The molecule has 0 radical (unpaired) electrons. The van der Waals surface area contributed by atoms with Crippen molar-refractivity contribution < 1.29 is 19.1 Å². The molecule has 5 nitrogen and oxygen atoms in total. The first-order valence-corrected chi connectivity index (χ1v) is 8.05. The van der Waals surface area contributed by atoms with Crippen LogP contribution in [0, 0.1) is 0 Å². The van der Waals surface area contributed by atoms with Gasteiger partial charge in [0.1, 0.15) is 0 Å². The zero-order valence-electron chi connectivity index (χ0n) is 13.0. The van der Waals surface area contributed by atoms with Crippen LogP contribution in [0.4, 0.5) is 5.69 Å². The topological polar surface area (TPSA) is 72.5 Å². The van der Waals surface area contributed by atoms with Gasteiger partial charge in [0, 0.05) is 15.7 Å². The van der Waals surface area contributed by atoms with Crippen molar-refractivity contribution in [3.63, 3.8) is 0 Å². The summed E-state index contributed by atoms with van der Waals surface area (Å²) in [5.74, 6) is -1.04. The van der Waals surface area contributed by atoms with Gasteiger partial charge in [0.25, 0.3) is 5.91 Å². The van der Waals surface area contributed by atoms with E-state index in [0.29, 0.717) is 11.3 Å². The second-order valence-corrected chi connectivity index (χ2v) is 5.97. The molecule has 0 bridgehead atoms. The molecular formula is C18H16BrNO4. The Hall–Kier alpha value is -2.47. The van der Waals surface area contributed by atoms with Crippen molar-refractivity contribution in [2.75, 3.05) is 11.9 Å². The number of benzene rings is 2. The Balaban J connectivity index is 1.85. The molecule has 6 heteroatoms. The Morgan fingerprint density at radius 1 is 1.08 bits per heavy atom. The molecule has 2 rings (SSSR count). The maximum Gasteiger partial charge on any atom is 0.310 e. The fraction of sp³-hybridized carbons (Fsp3) is 0.167. The Labute approximate surface area is 148 Å². The van der Waals surface area contributed by atoms with Crippen LogP contribution in [0.15, 0.2) is 53.0 Å². The lowest BCUT2D eigenvalue weighted by atomic mass is 10.1. The normalized spacial score (nSPS) is 10.1. The number of anilines is 1. The predicted molar refractivity (Wildman–Crippen MR) is 93.9 cm³/mol. The van der Waals surface area contributed by atoms with Crippen molar-refractivity contribution in [1.82, 2.24) is 0 Å². The van der Waals surface area contributed by atoms with Crippen molar-refractivity contribution in [3.8, 4) is 0 Å². The highest BCUT2D eigenvalue weighted by Crippen LogP contribution is 2.16. The molecule has 0 saturated carbocycles. The van der Waals surface area contributed by atoms with Gasteiger partial charge in [-0.25, -0.2) is 0 Å². The van der Waals surface area contributed by atoms with Crippen molar-refractivity contribution in [2.24, 2.45) is 0 Å². The number of nitrogens with one attached hydrogen (secondary N) is 1. The lowest BCUT2D eigenvalue weighted by Crippen LogP contribution is -2.21. The minimum absolute atomic E-state index is 0.0779. The molecule has 124 valence electrons. The van der Waals surface area contributed by atoms with E-state index in [1.165, 1.54) is 6.92 Å². The minimum atomic E-state index is -0.491. The Morgan fingerprint density at radius 3 is 2.54 bits per heavy atom. The van der Waals surface area contributed by atoms with Crippen molar-refractivity contribution in [2.45, 2.75) is 13.3 Å². The smallest absolute Gasteiger partial charge is 0.310 e. The van der Waals surface area contributed by atoms with Gasteiger partial charge in [-0.15, -0.1) is 0 Å². The first-order chi connectivity index (χ1) is 11.5. The summed E-state index contributed by atoms with van der Waals surface area (Å²) < 4.78 is 5.79. The van der Waals surface area contributed by atoms with Gasteiger partial charge < -0.3 is 10.1 Å². The van der Waals surface area contributed by atoms with E-state index in [4.69, 9.17) is 4.74 Å². The molecular weight excluding hydrogens is 374 g/mol. The number of carbonyl (C=O) groups excluding carboxylic acids is 3. The Kier molecular flexibility index (Phi) is 6.26. The highest BCUT2D eigenvalue weighted by Gasteiger charge is 2.11. The molecule has 0 saturated heterocycles. The average Bonchev–Trinajstić information content (AvgIpc) is 2.55. The van der Waals surface area contributed by atoms with E-state index in [2.05, 4.69) is 21.2 Å². The van der Waals surface area contributed by atoms with Crippen LogP contribution in [-0.2, 0) is 20.7 Å². The number of Topliss-reactive ketones (excluding diaryl/α,β-unsaturated/α-hetero) is 1. The van der Waals surface area contributed by atoms with Crippen LogP contribution >= 0.6 is 15.9 Å². The molecule has 1 N–H and O–H groups in total. The number of hydrogen-bond acceptors (Lipinski definition) is 4. The van der Waals surface area contributed by atoms with Crippen molar-refractivity contribution >= 4 is 39.3 Å². The zero-order chi connectivity index (χ0) is 17.5. The fourth-order valence-corrected chi connectivity index (χ4v) is 2.43. The van der Waals surface area contributed by atoms with E-state index in [-0.39, 0.29) is 18.8 Å². The molecule has 2 aromatic rings. The van der Waals surface area contributed by atoms with E-state index in [1.807, 2.05) is 18.2 Å². The van der Waals surface area contributed by atoms with Crippen LogP contribution < -0.4 is 5.32 Å². The quantitative estimate of drug-likeness (QED) is 0.607. The van der Waals surface area contributed by atoms with Gasteiger partial charge in [0.2, 0.25) is 0 Å². The van der Waals surface area contributed by atoms with Crippen LogP contribution in [0.1, 0.15) is 22.8 Å². The third-order valence-corrected chi connectivity index (χ3v) is 3.98. The van der Waals surface area contributed by atoms with E-state index in [0.717, 1.165) is 10.0 Å². The van der Waals surface area contributed by atoms with E-state index >= 15 is 0 Å². The predicted octanol–water partition coefficient (Wildman–Crippen LogP) is 3.38. The van der Waals surface area contributed by atoms with Gasteiger partial charge in [0.05, 0.1) is 6.42 Å². The van der Waals surface area contributed by atoms with Crippen LogP contribution in [0.5, 0.6) is 0 Å². The summed E-state index contributed by atoms with van der Waals surface area (Å²) >= 11 is 3.35. The summed E-state index contributed by atoms with van der Waals surface area (Å²) in [6.07, 6.45) is 0.0779. The largest absolute Gasteiger partial charge is 0.455 e. The first-order valence-electron chi connectivity index (χ1n) is 7.25. The van der Waals surface area contributed by atoms with Gasteiger partial charge in [-0.05, 0) is 30.7 Å². The number of hydrogen-bond donors (Lipinski definition) is 1. The lowest BCUT2D eigenvalue weighted by Gasteiger charge is -2.08. The maximum atomic E-state index is 11.8. The number of ether oxygens (including phenoxy) is 1. The van der Waals surface area contributed by atoms with E-state index in [1.54, 1.807) is 30.3 Å². The summed E-state index contributed by atoms with van der Waals surface area (Å²) in [4.78, 5) is 34.9. The van der Waals surface area contributed by atoms with Crippen molar-refractivity contribution in [3.05, 3.63) is 64.1 Å². The molecule has 0 fully saturated rings. The molecule has 0 atom stereocenters. The van der Waals surface area contributed by atoms with Gasteiger partial charge >= 0.3 is 5.97 Å². The van der Waals surface area contributed by atoms with Crippen molar-refractivity contribution in [1.29, 1.82) is 0 Å². The van der Waals surface area contributed by atoms with E-state index in [9.17, 15) is 14.4 Å². The molecule has 0 aliphatic rings. The first kappa shape index (κ1) is 17.9. The van der Waals surface area contributed by atoms with Gasteiger partial charge in [-0.2, -0.15) is 0 Å². The van der Waals surface area contributed by atoms with Crippen LogP contribution in [0.25, 0.3) is 0 Å². The maximum absolute atomic E-state index is 11.8. The lowest BCUT2D eigenvalue weighted by molar-refractivity contribution is -0.146. The second kappa shape index (κ2) is 8.40. The van der Waals surface area contributed by atoms with E-state index < -0.39 is 11.9 Å². The third-order valence-electron chi connectivity index (χ3n) is 3.21. The Morgan fingerprint density at radius 2 is 1.83 bits per heavy atom. The molecule has 0 heterocycles. The summed E-state index contributed by atoms with van der Waals surface area (Å²) in [6, 6.07) is 13.9. The average molecular weight is 390 g/mol. The number of carbonyl (C=O) groups is 3. The molecule has 24 heavy (non-hydrogen) atoms. The number of amides is 1. The summed E-state index contributed by atoms with van der Waals surface area (Å²) in [5.41, 5.74) is 1.77. The molecule has 0 spiro atoms. The zero-order valence-corrected chi connectivity index (χ0v) is 14.6. The molecule has 0 unspecified atom stereocenters. The number of rotatable bonds is 6.